The molecule has 0 saturated heterocycles. The van der Waals surface area contributed by atoms with E-state index >= 15 is 0 Å². The molecule has 0 amide bonds. The average Bonchev–Trinajstić information content (AvgIpc) is 2.31. The van der Waals surface area contributed by atoms with Crippen molar-refractivity contribution in [1.82, 2.24) is 5.32 Å². The fourth-order valence-electron chi connectivity index (χ4n) is 2.85. The number of carbonyl (C=O) groups excluding carboxylic acids is 1. The Morgan fingerprint density at radius 3 is 2.44 bits per heavy atom. The van der Waals surface area contributed by atoms with E-state index in [0.29, 0.717) is 0 Å². The van der Waals surface area contributed by atoms with Gasteiger partial charge in [-0.05, 0) is 38.1 Å². The van der Waals surface area contributed by atoms with Crippen molar-refractivity contribution in [3.8, 4) is 0 Å². The lowest BCUT2D eigenvalue weighted by atomic mass is 9.75. The van der Waals surface area contributed by atoms with Crippen molar-refractivity contribution in [1.29, 1.82) is 0 Å². The van der Waals surface area contributed by atoms with Crippen LogP contribution in [0.3, 0.4) is 0 Å². The number of esters is 1. The summed E-state index contributed by atoms with van der Waals surface area (Å²) in [6.07, 6.45) is 6.70. The number of ether oxygens (including phenoxy) is 1. The van der Waals surface area contributed by atoms with Crippen LogP contribution in [0.25, 0.3) is 0 Å². The highest BCUT2D eigenvalue weighted by Gasteiger charge is 2.41. The quantitative estimate of drug-likeness (QED) is 0.733. The minimum atomic E-state index is -0.395. The predicted molar refractivity (Wildman–Crippen MR) is 65.3 cm³/mol. The van der Waals surface area contributed by atoms with Gasteiger partial charge in [0.05, 0.1) is 7.11 Å². The largest absolute Gasteiger partial charge is 0.468 e. The normalized spacial score (nSPS) is 30.1. The molecule has 0 atom stereocenters. The number of rotatable bonds is 5. The zero-order chi connectivity index (χ0) is 12.0. The summed E-state index contributed by atoms with van der Waals surface area (Å²) >= 11 is 0. The third-order valence-electron chi connectivity index (χ3n) is 3.75. The van der Waals surface area contributed by atoms with Gasteiger partial charge in [-0.3, -0.25) is 4.79 Å². The first kappa shape index (κ1) is 13.5. The zero-order valence-corrected chi connectivity index (χ0v) is 10.8. The predicted octanol–water partition coefficient (Wildman–Crippen LogP) is 2.50. The van der Waals surface area contributed by atoms with Gasteiger partial charge in [-0.25, -0.2) is 0 Å². The molecule has 3 nitrogen and oxygen atoms in total. The molecule has 94 valence electrons. The van der Waals surface area contributed by atoms with Crippen molar-refractivity contribution >= 4 is 5.97 Å². The Bertz CT molecular complexity index is 220. The van der Waals surface area contributed by atoms with E-state index in [-0.39, 0.29) is 5.97 Å². The maximum absolute atomic E-state index is 11.9. The number of methoxy groups -OCH3 is 1. The lowest BCUT2D eigenvalue weighted by Gasteiger charge is -2.38. The van der Waals surface area contributed by atoms with E-state index in [0.717, 1.165) is 38.1 Å². The van der Waals surface area contributed by atoms with Gasteiger partial charge < -0.3 is 10.1 Å². The highest BCUT2D eigenvalue weighted by molar-refractivity contribution is 5.80. The first-order valence-corrected chi connectivity index (χ1v) is 6.52. The van der Waals surface area contributed by atoms with Gasteiger partial charge >= 0.3 is 5.97 Å². The van der Waals surface area contributed by atoms with E-state index in [2.05, 4.69) is 12.2 Å². The summed E-state index contributed by atoms with van der Waals surface area (Å²) in [5.41, 5.74) is -0.395. The highest BCUT2D eigenvalue weighted by Crippen LogP contribution is 2.35. The lowest BCUT2D eigenvalue weighted by Crippen LogP contribution is -2.54. The van der Waals surface area contributed by atoms with Crippen LogP contribution in [0.1, 0.15) is 52.4 Å². The Morgan fingerprint density at radius 1 is 1.38 bits per heavy atom. The number of nitrogens with one attached hydrogen (secondary N) is 1. The zero-order valence-electron chi connectivity index (χ0n) is 10.8. The van der Waals surface area contributed by atoms with E-state index in [9.17, 15) is 4.79 Å². The molecule has 0 bridgehead atoms. The first-order chi connectivity index (χ1) is 7.68. The molecule has 0 aliphatic heterocycles. The smallest absolute Gasteiger partial charge is 0.326 e. The fourth-order valence-corrected chi connectivity index (χ4v) is 2.85. The topological polar surface area (TPSA) is 38.3 Å². The summed E-state index contributed by atoms with van der Waals surface area (Å²) in [4.78, 5) is 11.9. The van der Waals surface area contributed by atoms with E-state index in [1.807, 2.05) is 6.92 Å². The summed E-state index contributed by atoms with van der Waals surface area (Å²) in [5.74, 6) is 0.728. The second-order valence-electron chi connectivity index (χ2n) is 4.84. The highest BCUT2D eigenvalue weighted by atomic mass is 16.5. The Balaban J connectivity index is 2.58. The van der Waals surface area contributed by atoms with Crippen LogP contribution in [-0.4, -0.2) is 25.2 Å². The monoisotopic (exact) mass is 227 g/mol. The van der Waals surface area contributed by atoms with Gasteiger partial charge in [0, 0.05) is 0 Å². The van der Waals surface area contributed by atoms with Crippen LogP contribution in [0.2, 0.25) is 0 Å². The second kappa shape index (κ2) is 6.24. The molecule has 1 fully saturated rings. The Hall–Kier alpha value is -0.570. The van der Waals surface area contributed by atoms with Crippen molar-refractivity contribution < 1.29 is 9.53 Å². The average molecular weight is 227 g/mol. The van der Waals surface area contributed by atoms with Gasteiger partial charge in [-0.2, -0.15) is 0 Å². The molecule has 3 heteroatoms. The van der Waals surface area contributed by atoms with Gasteiger partial charge in [0.1, 0.15) is 5.54 Å². The van der Waals surface area contributed by atoms with E-state index < -0.39 is 5.54 Å². The fraction of sp³-hybridized carbons (Fsp3) is 0.923. The minimum absolute atomic E-state index is 0.0794. The number of hydrogen-bond donors (Lipinski definition) is 1. The molecule has 0 radical (unpaired) electrons. The number of likely N-dealkylation sites (N-methyl/N-ethyl adjacent to an activating group) is 1. The summed E-state index contributed by atoms with van der Waals surface area (Å²) < 4.78 is 4.94. The molecule has 0 unspecified atom stereocenters. The van der Waals surface area contributed by atoms with Crippen LogP contribution in [0, 0.1) is 5.92 Å². The Morgan fingerprint density at radius 2 is 2.00 bits per heavy atom. The molecule has 1 rings (SSSR count). The van der Waals surface area contributed by atoms with Crippen LogP contribution in [-0.2, 0) is 9.53 Å². The SMILES string of the molecule is CCCC1CCC(NCC)(C(=O)OC)CC1. The van der Waals surface area contributed by atoms with Gasteiger partial charge in [0.2, 0.25) is 0 Å². The van der Waals surface area contributed by atoms with Crippen molar-refractivity contribution in [2.45, 2.75) is 57.9 Å². The van der Waals surface area contributed by atoms with E-state index in [4.69, 9.17) is 4.74 Å². The molecule has 1 saturated carbocycles. The summed E-state index contributed by atoms with van der Waals surface area (Å²) in [5, 5.41) is 3.34. The molecule has 0 aromatic carbocycles. The van der Waals surface area contributed by atoms with Crippen LogP contribution in [0.5, 0.6) is 0 Å². The van der Waals surface area contributed by atoms with Crippen molar-refractivity contribution in [3.05, 3.63) is 0 Å². The molecule has 0 heterocycles. The summed E-state index contributed by atoms with van der Waals surface area (Å²) in [7, 11) is 1.49. The molecule has 0 aromatic rings. The second-order valence-corrected chi connectivity index (χ2v) is 4.84. The molecule has 1 N–H and O–H groups in total. The van der Waals surface area contributed by atoms with Gasteiger partial charge in [-0.15, -0.1) is 0 Å². The molecular formula is C13H25NO2. The number of carbonyl (C=O) groups is 1. The maximum atomic E-state index is 11.9. The lowest BCUT2D eigenvalue weighted by molar-refractivity contribution is -0.150. The summed E-state index contributed by atoms with van der Waals surface area (Å²) in [6.45, 7) is 5.10. The Labute approximate surface area is 98.9 Å². The van der Waals surface area contributed by atoms with Gasteiger partial charge in [0.25, 0.3) is 0 Å². The third kappa shape index (κ3) is 2.97. The minimum Gasteiger partial charge on any atom is -0.468 e. The number of hydrogen-bond acceptors (Lipinski definition) is 3. The van der Waals surface area contributed by atoms with Gasteiger partial charge in [0.15, 0.2) is 0 Å². The van der Waals surface area contributed by atoms with Crippen molar-refractivity contribution in [2.75, 3.05) is 13.7 Å². The molecule has 16 heavy (non-hydrogen) atoms. The van der Waals surface area contributed by atoms with E-state index in [1.54, 1.807) is 0 Å². The van der Waals surface area contributed by atoms with Crippen LogP contribution >= 0.6 is 0 Å². The van der Waals surface area contributed by atoms with Crippen molar-refractivity contribution in [3.63, 3.8) is 0 Å². The molecular weight excluding hydrogens is 202 g/mol. The van der Waals surface area contributed by atoms with Gasteiger partial charge in [-0.1, -0.05) is 26.7 Å². The molecule has 1 aliphatic carbocycles. The van der Waals surface area contributed by atoms with E-state index in [1.165, 1.54) is 20.0 Å². The van der Waals surface area contributed by atoms with Crippen LogP contribution in [0.4, 0.5) is 0 Å². The van der Waals surface area contributed by atoms with Crippen molar-refractivity contribution in [2.24, 2.45) is 5.92 Å². The van der Waals surface area contributed by atoms with Crippen LogP contribution in [0.15, 0.2) is 0 Å². The maximum Gasteiger partial charge on any atom is 0.326 e. The third-order valence-corrected chi connectivity index (χ3v) is 3.75. The van der Waals surface area contributed by atoms with Crippen LogP contribution < -0.4 is 5.32 Å². The molecule has 1 aliphatic rings. The summed E-state index contributed by atoms with van der Waals surface area (Å²) in [6, 6.07) is 0. The molecule has 0 spiro atoms. The molecule has 0 aromatic heterocycles. The first-order valence-electron chi connectivity index (χ1n) is 6.52. The standard InChI is InChI=1S/C13H25NO2/c1-4-6-11-7-9-13(10-8-11,14-5-2)12(15)16-3/h11,14H,4-10H2,1-3H3. The Kier molecular flexibility index (Phi) is 5.26.